The van der Waals surface area contributed by atoms with Gasteiger partial charge >= 0.3 is 12.1 Å². The van der Waals surface area contributed by atoms with Crippen molar-refractivity contribution in [2.24, 2.45) is 11.8 Å². The molecule has 8 atom stereocenters. The summed E-state index contributed by atoms with van der Waals surface area (Å²) in [5, 5.41) is 33.6. The number of piperidine rings is 2. The molecule has 2 spiro atoms. The van der Waals surface area contributed by atoms with Gasteiger partial charge in [-0.1, -0.05) is 77.0 Å². The van der Waals surface area contributed by atoms with E-state index in [1.807, 2.05) is 4.90 Å². The fourth-order valence-corrected chi connectivity index (χ4v) is 14.4. The average molecular weight is 961 g/mol. The number of alkyl halides is 1. The third-order valence-electron chi connectivity index (χ3n) is 17.8. The Hall–Kier alpha value is -2.78. The average Bonchev–Trinajstić information content (AvgIpc) is 4.17. The molecule has 4 saturated heterocycles. The minimum atomic E-state index is -0.898. The Morgan fingerprint density at radius 2 is 1.23 bits per heavy atom. The number of hydrogen-bond acceptors (Lipinski definition) is 7. The molecule has 6 aliphatic carbocycles. The first-order valence-electron chi connectivity index (χ1n) is 24.0. The van der Waals surface area contributed by atoms with E-state index in [4.69, 9.17) is 0 Å². The van der Waals surface area contributed by atoms with Gasteiger partial charge in [-0.2, -0.15) is 0 Å². The standard InChI is InChI=1S/C25H35N3O2.C23H29N3O3.C2H5I/c1-3-27-16-23(26-22(27)29)8-9-25(30)21-13-19-7-4-17(2)12-20(19)24(25,15-23)10-11-28(21)14-18-5-6-18;1-14-2-5-16-11-18-23(29)7-6-22(19(27)24-20(28)25-22)13-21(23,17(16)10-14)8-9-26(18)12-15-3-4-15;1-2-3/h4,7,12,18,21,30H,3,5-6,8-11,13-16H2,1-2H3,(H,26,29);2,5,10,15,18,29H,3-4,6-9,11-13H2,1H3,(H2,24,25,27,28);2H2,1H3/t21-,23+,24-,25-;18-,21-,22+,23-;/m11./s1. The maximum Gasteiger partial charge on any atom is 0.322 e. The third-order valence-corrected chi connectivity index (χ3v) is 17.8. The van der Waals surface area contributed by atoms with E-state index in [1.54, 1.807) is 0 Å². The van der Waals surface area contributed by atoms with Gasteiger partial charge in [-0.3, -0.25) is 19.9 Å². The van der Waals surface area contributed by atoms with Crippen LogP contribution in [0.15, 0.2) is 36.4 Å². The summed E-state index contributed by atoms with van der Waals surface area (Å²) in [5.74, 6) is 1.39. The number of amides is 5. The maximum atomic E-state index is 12.8. The van der Waals surface area contributed by atoms with E-state index in [-0.39, 0.29) is 35.0 Å². The number of imide groups is 1. The Bertz CT molecular complexity index is 2150. The fraction of sp³-hybridized carbons (Fsp3) is 0.700. The van der Waals surface area contributed by atoms with Gasteiger partial charge < -0.3 is 25.7 Å². The van der Waals surface area contributed by atoms with Gasteiger partial charge in [-0.05, 0) is 162 Å². The summed E-state index contributed by atoms with van der Waals surface area (Å²) in [5.41, 5.74) is 4.33. The molecule has 12 heteroatoms. The first kappa shape index (κ1) is 43.1. The summed E-state index contributed by atoms with van der Waals surface area (Å²) in [6, 6.07) is 13.5. The lowest BCUT2D eigenvalue weighted by atomic mass is 9.46. The SMILES string of the molecule is CCI.CCN1C[C@@]2(CC[C@@]3(O)[C@H]4Cc5ccc(C)cc5[C@@]3(CCN4CC3CC3)C2)NC1=O.Cc1ccc2c(c1)[C@]13CCN(CC4CC4)[C@H](C2)[C@]1(O)CC[C@@]1(C3)NC(=O)NC1=O. The number of hydrogen-bond donors (Lipinski definition) is 5. The van der Waals surface area contributed by atoms with E-state index in [9.17, 15) is 24.6 Å². The zero-order valence-electron chi connectivity index (χ0n) is 37.5. The maximum absolute atomic E-state index is 12.8. The summed E-state index contributed by atoms with van der Waals surface area (Å²) in [6.45, 7) is 14.2. The number of carbonyl (C=O) groups is 3. The lowest BCUT2D eigenvalue weighted by molar-refractivity contribution is -0.180. The van der Waals surface area contributed by atoms with Crippen LogP contribution in [0.5, 0.6) is 0 Å². The highest BCUT2D eigenvalue weighted by atomic mass is 127. The molecule has 12 rings (SSSR count). The minimum Gasteiger partial charge on any atom is -0.387 e. The number of carbonyl (C=O) groups excluding carboxylic acids is 3. The first-order valence-corrected chi connectivity index (χ1v) is 25.6. The van der Waals surface area contributed by atoms with Gasteiger partial charge in [-0.15, -0.1) is 0 Å². The quantitative estimate of drug-likeness (QED) is 0.137. The van der Waals surface area contributed by atoms with Crippen molar-refractivity contribution in [2.75, 3.05) is 43.7 Å². The molecule has 0 unspecified atom stereocenters. The molecule has 10 aliphatic rings. The second-order valence-electron chi connectivity index (χ2n) is 21.5. The van der Waals surface area contributed by atoms with Crippen LogP contribution in [0.1, 0.15) is 124 Å². The Kier molecular flexibility index (Phi) is 10.7. The zero-order valence-corrected chi connectivity index (χ0v) is 39.6. The van der Waals surface area contributed by atoms with Crippen LogP contribution in [0.25, 0.3) is 0 Å². The summed E-state index contributed by atoms with van der Waals surface area (Å²) in [4.78, 5) is 44.5. The lowest BCUT2D eigenvalue weighted by Crippen LogP contribution is -2.76. The number of nitrogens with one attached hydrogen (secondary N) is 3. The van der Waals surface area contributed by atoms with Crippen molar-refractivity contribution in [3.63, 3.8) is 0 Å². The van der Waals surface area contributed by atoms with Crippen LogP contribution in [0.2, 0.25) is 0 Å². The molecule has 5 amide bonds. The van der Waals surface area contributed by atoms with Crippen molar-refractivity contribution in [3.8, 4) is 0 Å². The molecule has 2 aromatic carbocycles. The number of likely N-dealkylation sites (N-methyl/N-ethyl adjacent to an activating group) is 1. The lowest BCUT2D eigenvalue weighted by Gasteiger charge is -2.66. The molecule has 11 nitrogen and oxygen atoms in total. The van der Waals surface area contributed by atoms with Crippen LogP contribution in [0, 0.1) is 25.7 Å². The van der Waals surface area contributed by atoms with Gasteiger partial charge in [0, 0.05) is 49.1 Å². The molecule has 4 bridgehead atoms. The van der Waals surface area contributed by atoms with Gasteiger partial charge in [-0.25, -0.2) is 9.59 Å². The van der Waals surface area contributed by atoms with E-state index in [0.29, 0.717) is 19.3 Å². The van der Waals surface area contributed by atoms with Gasteiger partial charge in [0.05, 0.1) is 16.7 Å². The van der Waals surface area contributed by atoms with Gasteiger partial charge in [0.15, 0.2) is 0 Å². The predicted octanol–water partition coefficient (Wildman–Crippen LogP) is 6.18. The van der Waals surface area contributed by atoms with Gasteiger partial charge in [0.25, 0.3) is 5.91 Å². The van der Waals surface area contributed by atoms with Crippen LogP contribution in [-0.2, 0) is 28.5 Å². The highest BCUT2D eigenvalue weighted by Gasteiger charge is 2.70. The molecule has 8 fully saturated rings. The monoisotopic (exact) mass is 960 g/mol. The highest BCUT2D eigenvalue weighted by Crippen LogP contribution is 2.62. The number of urea groups is 2. The second-order valence-corrected chi connectivity index (χ2v) is 23.0. The van der Waals surface area contributed by atoms with Crippen molar-refractivity contribution < 1.29 is 24.6 Å². The van der Waals surface area contributed by atoms with Gasteiger partial charge in [0.2, 0.25) is 0 Å². The normalized spacial score (nSPS) is 39.0. The minimum absolute atomic E-state index is 0.0716. The summed E-state index contributed by atoms with van der Waals surface area (Å²) >= 11 is 2.29. The first-order chi connectivity index (χ1) is 29.6. The molecule has 0 aromatic heterocycles. The molecule has 4 aliphatic heterocycles. The number of rotatable bonds is 5. The van der Waals surface area contributed by atoms with E-state index < -0.39 is 28.2 Å². The molecule has 5 N–H and O–H groups in total. The number of halogens is 1. The van der Waals surface area contributed by atoms with Gasteiger partial charge in [0.1, 0.15) is 5.54 Å². The van der Waals surface area contributed by atoms with Crippen molar-refractivity contribution in [1.29, 1.82) is 0 Å². The van der Waals surface area contributed by atoms with Crippen LogP contribution in [0.4, 0.5) is 9.59 Å². The topological polar surface area (TPSA) is 137 Å². The third kappa shape index (κ3) is 6.71. The smallest absolute Gasteiger partial charge is 0.322 e. The predicted molar refractivity (Wildman–Crippen MR) is 249 cm³/mol. The number of fused-ring (bicyclic) bond motifs is 2. The second kappa shape index (κ2) is 15.4. The van der Waals surface area contributed by atoms with Crippen LogP contribution >= 0.6 is 22.6 Å². The number of aryl methyl sites for hydroxylation is 2. The van der Waals surface area contributed by atoms with Crippen molar-refractivity contribution >= 4 is 40.6 Å². The summed E-state index contributed by atoms with van der Waals surface area (Å²) < 4.78 is 1.22. The molecule has 2 aromatic rings. The Morgan fingerprint density at radius 3 is 1.69 bits per heavy atom. The zero-order chi connectivity index (χ0) is 43.5. The molecule has 62 heavy (non-hydrogen) atoms. The van der Waals surface area contributed by atoms with Crippen LogP contribution in [0.3, 0.4) is 0 Å². The van der Waals surface area contributed by atoms with E-state index in [2.05, 4.69) is 112 Å². The summed E-state index contributed by atoms with van der Waals surface area (Å²) in [7, 11) is 0. The number of aliphatic hydroxyl groups is 2. The number of likely N-dealkylation sites (tertiary alicyclic amines) is 2. The van der Waals surface area contributed by atoms with Crippen LogP contribution in [-0.4, -0.2) is 121 Å². The Labute approximate surface area is 382 Å². The van der Waals surface area contributed by atoms with Crippen molar-refractivity contribution in [1.82, 2.24) is 30.7 Å². The van der Waals surface area contributed by atoms with Crippen molar-refractivity contribution in [3.05, 3.63) is 69.8 Å². The molecular formula is C50H69IN6O5. The molecule has 336 valence electrons. The molecular weight excluding hydrogens is 891 g/mol. The van der Waals surface area contributed by atoms with Crippen LogP contribution < -0.4 is 16.0 Å². The molecule has 0 radical (unpaired) electrons. The molecule has 4 saturated carbocycles. The molecule has 4 heterocycles. The van der Waals surface area contributed by atoms with Crippen molar-refractivity contribution in [2.45, 2.75) is 163 Å². The van der Waals surface area contributed by atoms with E-state index in [1.165, 1.54) is 63.5 Å². The Balaban J connectivity index is 0.000000139. The fourth-order valence-electron chi connectivity index (χ4n) is 14.4. The largest absolute Gasteiger partial charge is 0.387 e. The number of nitrogens with zero attached hydrogens (tertiary/aromatic N) is 3. The number of benzene rings is 2. The van der Waals surface area contributed by atoms with E-state index >= 15 is 0 Å². The summed E-state index contributed by atoms with van der Waals surface area (Å²) in [6.07, 6.45) is 13.0. The Morgan fingerprint density at radius 1 is 0.710 bits per heavy atom. The van der Waals surface area contributed by atoms with E-state index in [0.717, 1.165) is 96.1 Å². The highest BCUT2D eigenvalue weighted by molar-refractivity contribution is 14.1.